The number of hydrogen-bond acceptors (Lipinski definition) is 4. The third-order valence-electron chi connectivity index (χ3n) is 3.63. The Hall–Kier alpha value is -2.57. The lowest BCUT2D eigenvalue weighted by molar-refractivity contribution is 0.237. The van der Waals surface area contributed by atoms with Gasteiger partial charge in [-0.3, -0.25) is 0 Å². The van der Waals surface area contributed by atoms with E-state index in [9.17, 15) is 4.79 Å². The standard InChI is InChI=1S/C16H24N6O/c1-13(15-20-18-12-22(15)3)19-16(23)17-10-7-11-21(2)14-8-5-4-6-9-14/h4-6,8-9,12-13H,7,10-11H2,1-3H3,(H2,17,19,23)/t13-/m1/s1. The first-order valence-electron chi connectivity index (χ1n) is 7.72. The van der Waals surface area contributed by atoms with Crippen LogP contribution in [0, 0.1) is 0 Å². The summed E-state index contributed by atoms with van der Waals surface area (Å²) in [6.45, 7) is 3.38. The molecule has 0 saturated heterocycles. The minimum Gasteiger partial charge on any atom is -0.375 e. The molecular formula is C16H24N6O. The summed E-state index contributed by atoms with van der Waals surface area (Å²) in [6, 6.07) is 9.81. The van der Waals surface area contributed by atoms with E-state index in [1.54, 1.807) is 10.9 Å². The van der Waals surface area contributed by atoms with Gasteiger partial charge in [0.25, 0.3) is 0 Å². The number of carbonyl (C=O) groups excluding carboxylic acids is 1. The Balaban J connectivity index is 1.66. The summed E-state index contributed by atoms with van der Waals surface area (Å²) in [5, 5.41) is 13.5. The molecule has 2 rings (SSSR count). The molecule has 2 N–H and O–H groups in total. The fraction of sp³-hybridized carbons (Fsp3) is 0.438. The zero-order valence-corrected chi connectivity index (χ0v) is 13.9. The van der Waals surface area contributed by atoms with E-state index in [0.29, 0.717) is 6.54 Å². The zero-order chi connectivity index (χ0) is 16.7. The molecule has 7 nitrogen and oxygen atoms in total. The maximum absolute atomic E-state index is 11.9. The average Bonchev–Trinajstić information content (AvgIpc) is 2.98. The molecule has 0 unspecified atom stereocenters. The summed E-state index contributed by atoms with van der Waals surface area (Å²) >= 11 is 0. The Morgan fingerprint density at radius 1 is 1.35 bits per heavy atom. The van der Waals surface area contributed by atoms with Gasteiger partial charge in [-0.2, -0.15) is 0 Å². The summed E-state index contributed by atoms with van der Waals surface area (Å²) in [7, 11) is 3.90. The van der Waals surface area contributed by atoms with Crippen LogP contribution in [0.3, 0.4) is 0 Å². The Morgan fingerprint density at radius 2 is 2.09 bits per heavy atom. The highest BCUT2D eigenvalue weighted by atomic mass is 16.2. The molecule has 2 aromatic rings. The minimum atomic E-state index is -0.192. The van der Waals surface area contributed by atoms with E-state index in [2.05, 4.69) is 37.9 Å². The van der Waals surface area contributed by atoms with Gasteiger partial charge in [0.15, 0.2) is 5.82 Å². The number of aryl methyl sites for hydroxylation is 1. The van der Waals surface area contributed by atoms with Crippen molar-refractivity contribution >= 4 is 11.7 Å². The van der Waals surface area contributed by atoms with Gasteiger partial charge < -0.3 is 20.1 Å². The Morgan fingerprint density at radius 3 is 2.74 bits per heavy atom. The van der Waals surface area contributed by atoms with E-state index in [1.165, 1.54) is 5.69 Å². The molecule has 0 radical (unpaired) electrons. The van der Waals surface area contributed by atoms with Gasteiger partial charge in [0.05, 0.1) is 6.04 Å². The molecule has 1 atom stereocenters. The van der Waals surface area contributed by atoms with Crippen LogP contribution in [0.25, 0.3) is 0 Å². The molecule has 0 spiro atoms. The van der Waals surface area contributed by atoms with E-state index in [4.69, 9.17) is 0 Å². The topological polar surface area (TPSA) is 75.1 Å². The van der Waals surface area contributed by atoms with Gasteiger partial charge >= 0.3 is 6.03 Å². The Kier molecular flexibility index (Phi) is 5.96. The number of amides is 2. The summed E-state index contributed by atoms with van der Waals surface area (Å²) in [5.41, 5.74) is 1.17. The van der Waals surface area contributed by atoms with Crippen molar-refractivity contribution in [3.63, 3.8) is 0 Å². The van der Waals surface area contributed by atoms with Crippen molar-refractivity contribution in [3.05, 3.63) is 42.5 Å². The molecule has 1 heterocycles. The Bertz CT molecular complexity index is 612. The van der Waals surface area contributed by atoms with Crippen molar-refractivity contribution in [2.75, 3.05) is 25.0 Å². The normalized spacial score (nSPS) is 11.8. The van der Waals surface area contributed by atoms with E-state index in [-0.39, 0.29) is 12.1 Å². The van der Waals surface area contributed by atoms with Crippen molar-refractivity contribution in [1.82, 2.24) is 25.4 Å². The molecule has 0 aliphatic carbocycles. The van der Waals surface area contributed by atoms with E-state index in [0.717, 1.165) is 18.8 Å². The van der Waals surface area contributed by atoms with Crippen molar-refractivity contribution in [2.45, 2.75) is 19.4 Å². The lowest BCUT2D eigenvalue weighted by atomic mass is 10.3. The van der Waals surface area contributed by atoms with E-state index in [1.807, 2.05) is 39.2 Å². The predicted octanol–water partition coefficient (Wildman–Crippen LogP) is 1.70. The number of anilines is 1. The average molecular weight is 316 g/mol. The highest BCUT2D eigenvalue weighted by Crippen LogP contribution is 2.10. The molecule has 0 saturated carbocycles. The number of nitrogens with zero attached hydrogens (tertiary/aromatic N) is 4. The van der Waals surface area contributed by atoms with Gasteiger partial charge in [-0.1, -0.05) is 18.2 Å². The first-order chi connectivity index (χ1) is 11.1. The van der Waals surface area contributed by atoms with Gasteiger partial charge in [0.2, 0.25) is 0 Å². The SMILES string of the molecule is C[C@@H](NC(=O)NCCCN(C)c1ccccc1)c1nncn1C. The fourth-order valence-corrected chi connectivity index (χ4v) is 2.33. The molecule has 1 aromatic carbocycles. The summed E-state index contributed by atoms with van der Waals surface area (Å²) in [6.07, 6.45) is 2.49. The Labute approximate surface area is 136 Å². The maximum atomic E-state index is 11.9. The number of hydrogen-bond donors (Lipinski definition) is 2. The number of carbonyl (C=O) groups is 1. The van der Waals surface area contributed by atoms with Crippen LogP contribution in [0.4, 0.5) is 10.5 Å². The van der Waals surface area contributed by atoms with Crippen molar-refractivity contribution in [1.29, 1.82) is 0 Å². The number of nitrogens with one attached hydrogen (secondary N) is 2. The van der Waals surface area contributed by atoms with Crippen LogP contribution in [-0.4, -0.2) is 40.9 Å². The molecule has 0 bridgehead atoms. The molecule has 2 amide bonds. The van der Waals surface area contributed by atoms with Crippen LogP contribution < -0.4 is 15.5 Å². The van der Waals surface area contributed by atoms with Gasteiger partial charge in [0.1, 0.15) is 6.33 Å². The maximum Gasteiger partial charge on any atom is 0.315 e. The number of rotatable bonds is 7. The van der Waals surface area contributed by atoms with Gasteiger partial charge in [0, 0.05) is 32.9 Å². The third kappa shape index (κ3) is 4.98. The van der Waals surface area contributed by atoms with E-state index < -0.39 is 0 Å². The number of benzene rings is 1. The highest BCUT2D eigenvalue weighted by molar-refractivity contribution is 5.74. The van der Waals surface area contributed by atoms with Crippen LogP contribution >= 0.6 is 0 Å². The minimum absolute atomic E-state index is 0.186. The van der Waals surface area contributed by atoms with Crippen LogP contribution in [0.15, 0.2) is 36.7 Å². The van der Waals surface area contributed by atoms with Crippen LogP contribution in [0.2, 0.25) is 0 Å². The predicted molar refractivity (Wildman–Crippen MR) is 90.3 cm³/mol. The summed E-state index contributed by atoms with van der Waals surface area (Å²) in [5.74, 6) is 0.726. The first kappa shape index (κ1) is 16.8. The molecule has 124 valence electrons. The van der Waals surface area contributed by atoms with Crippen LogP contribution in [0.1, 0.15) is 25.2 Å². The molecule has 7 heteroatoms. The monoisotopic (exact) mass is 316 g/mol. The quantitative estimate of drug-likeness (QED) is 0.763. The lowest BCUT2D eigenvalue weighted by Gasteiger charge is -2.19. The number of para-hydroxylation sites is 1. The molecule has 23 heavy (non-hydrogen) atoms. The molecule has 0 fully saturated rings. The number of aromatic nitrogens is 3. The second-order valence-electron chi connectivity index (χ2n) is 5.53. The molecule has 0 aliphatic heterocycles. The molecule has 0 aliphatic rings. The lowest BCUT2D eigenvalue weighted by Crippen LogP contribution is -2.39. The summed E-state index contributed by atoms with van der Waals surface area (Å²) < 4.78 is 1.79. The second kappa shape index (κ2) is 8.17. The van der Waals surface area contributed by atoms with Crippen molar-refractivity contribution < 1.29 is 4.79 Å². The molecule has 1 aromatic heterocycles. The number of urea groups is 1. The van der Waals surface area contributed by atoms with Crippen molar-refractivity contribution in [3.8, 4) is 0 Å². The first-order valence-corrected chi connectivity index (χ1v) is 7.72. The fourth-order valence-electron chi connectivity index (χ4n) is 2.33. The van der Waals surface area contributed by atoms with Crippen LogP contribution in [-0.2, 0) is 7.05 Å². The summed E-state index contributed by atoms with van der Waals surface area (Å²) in [4.78, 5) is 14.0. The molecular weight excluding hydrogens is 292 g/mol. The highest BCUT2D eigenvalue weighted by Gasteiger charge is 2.13. The van der Waals surface area contributed by atoms with Crippen molar-refractivity contribution in [2.24, 2.45) is 7.05 Å². The zero-order valence-electron chi connectivity index (χ0n) is 13.9. The van der Waals surface area contributed by atoms with Crippen LogP contribution in [0.5, 0.6) is 0 Å². The van der Waals surface area contributed by atoms with Gasteiger partial charge in [-0.25, -0.2) is 4.79 Å². The third-order valence-corrected chi connectivity index (χ3v) is 3.63. The van der Waals surface area contributed by atoms with E-state index >= 15 is 0 Å². The smallest absolute Gasteiger partial charge is 0.315 e. The van der Waals surface area contributed by atoms with Gasteiger partial charge in [-0.05, 0) is 25.5 Å². The second-order valence-corrected chi connectivity index (χ2v) is 5.53. The van der Waals surface area contributed by atoms with Gasteiger partial charge in [-0.15, -0.1) is 10.2 Å². The largest absolute Gasteiger partial charge is 0.375 e.